The topological polar surface area (TPSA) is 43.4 Å². The third-order valence-electron chi connectivity index (χ3n) is 5.03. The van der Waals surface area contributed by atoms with Crippen LogP contribution in [0.2, 0.25) is 0 Å². The molecule has 0 spiro atoms. The summed E-state index contributed by atoms with van der Waals surface area (Å²) in [7, 11) is 0. The van der Waals surface area contributed by atoms with Crippen molar-refractivity contribution in [2.75, 3.05) is 0 Å². The molecular weight excluding hydrogens is 360 g/mol. The van der Waals surface area contributed by atoms with Crippen LogP contribution in [0.1, 0.15) is 57.1 Å². The Hall–Kier alpha value is -2.68. The van der Waals surface area contributed by atoms with E-state index in [9.17, 15) is 9.59 Å². The number of ketones is 2. The maximum Gasteiger partial charge on any atom is 0.143 e. The van der Waals surface area contributed by atoms with Gasteiger partial charge in [0.15, 0.2) is 0 Å². The summed E-state index contributed by atoms with van der Waals surface area (Å²) in [4.78, 5) is 23.8. The van der Waals surface area contributed by atoms with Gasteiger partial charge in [-0.25, -0.2) is 0 Å². The number of carbonyl (C=O) groups excluding carboxylic acids is 2. The Morgan fingerprint density at radius 3 is 2.07 bits per heavy atom. The molecule has 0 aliphatic carbocycles. The predicted octanol–water partition coefficient (Wildman–Crippen LogP) is 6.11. The summed E-state index contributed by atoms with van der Waals surface area (Å²) >= 11 is 0. The van der Waals surface area contributed by atoms with Gasteiger partial charge in [-0.3, -0.25) is 9.59 Å². The summed E-state index contributed by atoms with van der Waals surface area (Å²) in [6.07, 6.45) is 8.41. The molecule has 29 heavy (non-hydrogen) atoms. The molecule has 0 aliphatic heterocycles. The summed E-state index contributed by atoms with van der Waals surface area (Å²) in [5, 5.41) is 0. The van der Waals surface area contributed by atoms with Crippen LogP contribution in [0.15, 0.2) is 66.7 Å². The zero-order valence-electron chi connectivity index (χ0n) is 17.6. The van der Waals surface area contributed by atoms with Crippen molar-refractivity contribution in [3.05, 3.63) is 77.9 Å². The van der Waals surface area contributed by atoms with E-state index in [0.717, 1.165) is 30.6 Å². The monoisotopic (exact) mass is 392 g/mol. The molecule has 0 unspecified atom stereocenters. The van der Waals surface area contributed by atoms with Gasteiger partial charge < -0.3 is 4.74 Å². The van der Waals surface area contributed by atoms with E-state index in [0.29, 0.717) is 25.9 Å². The predicted molar refractivity (Wildman–Crippen MR) is 118 cm³/mol. The number of Topliss-reactive ketones (excluding diaryl/α,β-unsaturated/α-hetero) is 2. The number of hydrogen-bond acceptors (Lipinski definition) is 3. The molecule has 2 aromatic carbocycles. The van der Waals surface area contributed by atoms with Gasteiger partial charge >= 0.3 is 0 Å². The Labute approximate surface area is 174 Å². The average Bonchev–Trinajstić information content (AvgIpc) is 2.77. The molecule has 0 heterocycles. The second kappa shape index (κ2) is 12.7. The first-order valence-corrected chi connectivity index (χ1v) is 10.6. The Morgan fingerprint density at radius 2 is 1.45 bits per heavy atom. The van der Waals surface area contributed by atoms with Crippen LogP contribution in [0.4, 0.5) is 0 Å². The minimum absolute atomic E-state index is 0.0693. The first-order valence-electron chi connectivity index (χ1n) is 10.6. The second-order valence-electron chi connectivity index (χ2n) is 7.20. The highest BCUT2D eigenvalue weighted by molar-refractivity contribution is 6.02. The molecule has 0 saturated carbocycles. The number of rotatable bonds is 13. The number of ether oxygens (including phenoxy) is 1. The number of aryl methyl sites for hydroxylation is 1. The SMILES string of the molecule is CCC(=O)C(CCC=CCCc1ccc(OCc2ccccc2)cc1)C(=O)CC. The lowest BCUT2D eigenvalue weighted by molar-refractivity contribution is -0.132. The van der Waals surface area contributed by atoms with Crippen LogP contribution in [0.3, 0.4) is 0 Å². The smallest absolute Gasteiger partial charge is 0.143 e. The lowest BCUT2D eigenvalue weighted by Gasteiger charge is -2.11. The van der Waals surface area contributed by atoms with Gasteiger partial charge in [0.25, 0.3) is 0 Å². The minimum atomic E-state index is -0.418. The van der Waals surface area contributed by atoms with Gasteiger partial charge in [-0.1, -0.05) is 68.5 Å². The standard InChI is InChI=1S/C26H32O3/c1-3-25(27)24(26(28)4-2)15-11-6-5-8-12-21-16-18-23(19-17-21)29-20-22-13-9-7-10-14-22/h5-7,9-10,13-14,16-19,24H,3-4,8,11-12,15,20H2,1-2H3. The highest BCUT2D eigenvalue weighted by atomic mass is 16.5. The summed E-state index contributed by atoms with van der Waals surface area (Å²) in [6, 6.07) is 18.4. The van der Waals surface area contributed by atoms with Crippen LogP contribution in [0, 0.1) is 5.92 Å². The Bertz CT molecular complexity index is 759. The molecule has 0 fully saturated rings. The van der Waals surface area contributed by atoms with Crippen LogP contribution in [0.25, 0.3) is 0 Å². The van der Waals surface area contributed by atoms with Crippen molar-refractivity contribution in [2.45, 2.75) is 59.0 Å². The third-order valence-corrected chi connectivity index (χ3v) is 5.03. The van der Waals surface area contributed by atoms with Crippen molar-refractivity contribution in [3.8, 4) is 5.75 Å². The molecule has 0 saturated heterocycles. The molecule has 0 aliphatic rings. The Balaban J connectivity index is 1.70. The quantitative estimate of drug-likeness (QED) is 0.305. The van der Waals surface area contributed by atoms with E-state index in [1.807, 2.05) is 44.2 Å². The van der Waals surface area contributed by atoms with Gasteiger partial charge in [-0.15, -0.1) is 0 Å². The van der Waals surface area contributed by atoms with E-state index in [4.69, 9.17) is 4.74 Å². The summed E-state index contributed by atoms with van der Waals surface area (Å²) < 4.78 is 5.81. The molecule has 0 atom stereocenters. The van der Waals surface area contributed by atoms with E-state index in [2.05, 4.69) is 36.4 Å². The number of carbonyl (C=O) groups is 2. The highest BCUT2D eigenvalue weighted by Crippen LogP contribution is 2.16. The summed E-state index contributed by atoms with van der Waals surface area (Å²) in [5.41, 5.74) is 2.42. The van der Waals surface area contributed by atoms with Crippen molar-refractivity contribution >= 4 is 11.6 Å². The zero-order chi connectivity index (χ0) is 20.9. The van der Waals surface area contributed by atoms with Crippen LogP contribution in [-0.2, 0) is 22.6 Å². The molecule has 3 heteroatoms. The molecule has 2 aromatic rings. The van der Waals surface area contributed by atoms with E-state index in [1.165, 1.54) is 5.56 Å². The first-order chi connectivity index (χ1) is 14.1. The van der Waals surface area contributed by atoms with Gasteiger partial charge in [-0.2, -0.15) is 0 Å². The van der Waals surface area contributed by atoms with Gasteiger partial charge in [0, 0.05) is 12.8 Å². The van der Waals surface area contributed by atoms with Gasteiger partial charge in [0.1, 0.15) is 23.9 Å². The lowest BCUT2D eigenvalue weighted by atomic mass is 9.91. The zero-order valence-corrected chi connectivity index (χ0v) is 17.6. The fraction of sp³-hybridized carbons (Fsp3) is 0.385. The van der Waals surface area contributed by atoms with E-state index >= 15 is 0 Å². The van der Waals surface area contributed by atoms with Crippen molar-refractivity contribution in [1.82, 2.24) is 0 Å². The summed E-state index contributed by atoms with van der Waals surface area (Å²) in [6.45, 7) is 4.23. The van der Waals surface area contributed by atoms with Crippen molar-refractivity contribution in [1.29, 1.82) is 0 Å². The number of allylic oxidation sites excluding steroid dienone is 2. The molecule has 0 amide bonds. The Kier molecular flexibility index (Phi) is 9.91. The van der Waals surface area contributed by atoms with Gasteiger partial charge in [0.2, 0.25) is 0 Å². The van der Waals surface area contributed by atoms with Crippen LogP contribution in [-0.4, -0.2) is 11.6 Å². The van der Waals surface area contributed by atoms with Crippen molar-refractivity contribution in [3.63, 3.8) is 0 Å². The molecule has 3 nitrogen and oxygen atoms in total. The lowest BCUT2D eigenvalue weighted by Crippen LogP contribution is -2.22. The Morgan fingerprint density at radius 1 is 0.828 bits per heavy atom. The van der Waals surface area contributed by atoms with Gasteiger partial charge in [-0.05, 0) is 48.9 Å². The fourth-order valence-electron chi connectivity index (χ4n) is 3.24. The normalized spacial score (nSPS) is 11.1. The molecule has 0 radical (unpaired) electrons. The summed E-state index contributed by atoms with van der Waals surface area (Å²) in [5.74, 6) is 0.595. The molecular formula is C26H32O3. The largest absolute Gasteiger partial charge is 0.489 e. The minimum Gasteiger partial charge on any atom is -0.489 e. The van der Waals surface area contributed by atoms with Crippen molar-refractivity contribution < 1.29 is 14.3 Å². The van der Waals surface area contributed by atoms with E-state index in [1.54, 1.807) is 0 Å². The van der Waals surface area contributed by atoms with Crippen LogP contribution >= 0.6 is 0 Å². The third kappa shape index (κ3) is 8.06. The van der Waals surface area contributed by atoms with Gasteiger partial charge in [0.05, 0.1) is 5.92 Å². The molecule has 0 aromatic heterocycles. The molecule has 2 rings (SSSR count). The maximum atomic E-state index is 11.9. The molecule has 154 valence electrons. The number of hydrogen-bond donors (Lipinski definition) is 0. The number of benzene rings is 2. The molecule has 0 N–H and O–H groups in total. The van der Waals surface area contributed by atoms with Crippen LogP contribution in [0.5, 0.6) is 5.75 Å². The van der Waals surface area contributed by atoms with Crippen molar-refractivity contribution in [2.24, 2.45) is 5.92 Å². The van der Waals surface area contributed by atoms with Crippen LogP contribution < -0.4 is 4.74 Å². The maximum absolute atomic E-state index is 11.9. The van der Waals surface area contributed by atoms with E-state index in [-0.39, 0.29) is 11.6 Å². The second-order valence-corrected chi connectivity index (χ2v) is 7.20. The molecule has 0 bridgehead atoms. The fourth-order valence-corrected chi connectivity index (χ4v) is 3.24. The first kappa shape index (κ1) is 22.6. The average molecular weight is 393 g/mol. The van der Waals surface area contributed by atoms with E-state index < -0.39 is 5.92 Å². The highest BCUT2D eigenvalue weighted by Gasteiger charge is 2.22.